The standard InChI is InChI=1S/C14H9BrFNO2S/c15-12-3-2-11(20-12)14(19)8-5-7-1-4-13(18)17-10(7)6-9(8)16/h2-3,5-6H,1,4H2,(H,17,18). The number of anilines is 1. The summed E-state index contributed by atoms with van der Waals surface area (Å²) in [4.78, 5) is 24.1. The molecule has 0 atom stereocenters. The van der Waals surface area contributed by atoms with Gasteiger partial charge in [-0.05, 0) is 52.2 Å². The summed E-state index contributed by atoms with van der Waals surface area (Å²) in [5.41, 5.74) is 1.31. The lowest BCUT2D eigenvalue weighted by Crippen LogP contribution is -2.20. The van der Waals surface area contributed by atoms with Crippen LogP contribution in [-0.4, -0.2) is 11.7 Å². The molecular weight excluding hydrogens is 345 g/mol. The molecule has 0 aliphatic carbocycles. The number of ketones is 1. The molecule has 1 aromatic heterocycles. The van der Waals surface area contributed by atoms with Crippen molar-refractivity contribution in [3.8, 4) is 0 Å². The Bertz CT molecular complexity index is 726. The van der Waals surface area contributed by atoms with E-state index in [-0.39, 0.29) is 17.3 Å². The van der Waals surface area contributed by atoms with Crippen LogP contribution >= 0.6 is 27.3 Å². The Morgan fingerprint density at radius 1 is 1.30 bits per heavy atom. The average molecular weight is 354 g/mol. The van der Waals surface area contributed by atoms with E-state index in [2.05, 4.69) is 21.2 Å². The second kappa shape index (κ2) is 5.10. The third-order valence-corrected chi connectivity index (χ3v) is 4.75. The Balaban J connectivity index is 2.02. The van der Waals surface area contributed by atoms with Crippen LogP contribution in [0.3, 0.4) is 0 Å². The van der Waals surface area contributed by atoms with Gasteiger partial charge in [-0.15, -0.1) is 11.3 Å². The first-order valence-corrected chi connectivity index (χ1v) is 7.58. The predicted molar refractivity (Wildman–Crippen MR) is 78.8 cm³/mol. The number of hydrogen-bond donors (Lipinski definition) is 1. The molecular formula is C14H9BrFNO2S. The molecule has 0 fully saturated rings. The van der Waals surface area contributed by atoms with Crippen molar-refractivity contribution in [3.05, 3.63) is 49.9 Å². The number of amides is 1. The number of hydrogen-bond acceptors (Lipinski definition) is 3. The minimum atomic E-state index is -0.611. The lowest BCUT2D eigenvalue weighted by atomic mass is 9.98. The summed E-state index contributed by atoms with van der Waals surface area (Å²) in [6.45, 7) is 0. The van der Waals surface area contributed by atoms with E-state index in [4.69, 9.17) is 0 Å². The smallest absolute Gasteiger partial charge is 0.224 e. The molecule has 3 rings (SSSR count). The molecule has 2 aromatic rings. The second-order valence-electron chi connectivity index (χ2n) is 4.47. The zero-order valence-corrected chi connectivity index (χ0v) is 12.6. The van der Waals surface area contributed by atoms with Crippen molar-refractivity contribution in [3.63, 3.8) is 0 Å². The van der Waals surface area contributed by atoms with Gasteiger partial charge in [0.1, 0.15) is 5.82 Å². The van der Waals surface area contributed by atoms with Crippen LogP contribution in [0.15, 0.2) is 28.1 Å². The first kappa shape index (κ1) is 13.5. The zero-order valence-electron chi connectivity index (χ0n) is 10.2. The maximum atomic E-state index is 14.1. The summed E-state index contributed by atoms with van der Waals surface area (Å²) in [6, 6.07) is 6.19. The van der Waals surface area contributed by atoms with Crippen molar-refractivity contribution in [2.24, 2.45) is 0 Å². The molecule has 0 radical (unpaired) electrons. The third kappa shape index (κ3) is 2.41. The van der Waals surface area contributed by atoms with E-state index in [0.717, 1.165) is 9.35 Å². The third-order valence-electron chi connectivity index (χ3n) is 3.13. The highest BCUT2D eigenvalue weighted by Crippen LogP contribution is 2.29. The molecule has 0 saturated carbocycles. The van der Waals surface area contributed by atoms with Crippen LogP contribution in [0.25, 0.3) is 0 Å². The van der Waals surface area contributed by atoms with Crippen LogP contribution in [-0.2, 0) is 11.2 Å². The Morgan fingerprint density at radius 2 is 2.10 bits per heavy atom. The first-order valence-electron chi connectivity index (χ1n) is 5.97. The van der Waals surface area contributed by atoms with Crippen LogP contribution in [0.2, 0.25) is 0 Å². The number of carbonyl (C=O) groups excluding carboxylic acids is 2. The van der Waals surface area contributed by atoms with Gasteiger partial charge in [-0.3, -0.25) is 9.59 Å². The van der Waals surface area contributed by atoms with Gasteiger partial charge in [-0.2, -0.15) is 0 Å². The van der Waals surface area contributed by atoms with Gasteiger partial charge in [-0.1, -0.05) is 0 Å². The molecule has 1 aliphatic heterocycles. The SMILES string of the molecule is O=C1CCc2cc(C(=O)c3ccc(Br)s3)c(F)cc2N1. The van der Waals surface area contributed by atoms with Crippen LogP contribution in [0.5, 0.6) is 0 Å². The molecule has 1 aliphatic rings. The molecule has 1 amide bonds. The number of benzene rings is 1. The van der Waals surface area contributed by atoms with Crippen LogP contribution in [0, 0.1) is 5.82 Å². The van der Waals surface area contributed by atoms with Gasteiger partial charge < -0.3 is 5.32 Å². The fraction of sp³-hybridized carbons (Fsp3) is 0.143. The van der Waals surface area contributed by atoms with Gasteiger partial charge in [0.25, 0.3) is 0 Å². The number of halogens is 2. The van der Waals surface area contributed by atoms with E-state index < -0.39 is 5.82 Å². The molecule has 2 heterocycles. The van der Waals surface area contributed by atoms with E-state index in [1.807, 2.05) is 0 Å². The van der Waals surface area contributed by atoms with Crippen LogP contribution < -0.4 is 5.32 Å². The molecule has 0 saturated heterocycles. The highest BCUT2D eigenvalue weighted by molar-refractivity contribution is 9.11. The lowest BCUT2D eigenvalue weighted by molar-refractivity contribution is -0.116. The normalized spacial score (nSPS) is 13.8. The molecule has 20 heavy (non-hydrogen) atoms. The molecule has 0 spiro atoms. The largest absolute Gasteiger partial charge is 0.326 e. The number of aryl methyl sites for hydroxylation is 1. The minimum Gasteiger partial charge on any atom is -0.326 e. The van der Waals surface area contributed by atoms with Crippen molar-refractivity contribution in [1.82, 2.24) is 0 Å². The highest BCUT2D eigenvalue weighted by atomic mass is 79.9. The molecule has 6 heteroatoms. The Hall–Kier alpha value is -1.53. The van der Waals surface area contributed by atoms with E-state index in [9.17, 15) is 14.0 Å². The minimum absolute atomic E-state index is 0.0502. The summed E-state index contributed by atoms with van der Waals surface area (Å²) in [5, 5.41) is 2.62. The van der Waals surface area contributed by atoms with Gasteiger partial charge in [-0.25, -0.2) is 4.39 Å². The fourth-order valence-electron chi connectivity index (χ4n) is 2.15. The number of thiophene rings is 1. The molecule has 1 aromatic carbocycles. The Morgan fingerprint density at radius 3 is 2.80 bits per heavy atom. The van der Waals surface area contributed by atoms with Gasteiger partial charge in [0, 0.05) is 12.1 Å². The topological polar surface area (TPSA) is 46.2 Å². The Kier molecular flexibility index (Phi) is 3.43. The summed E-state index contributed by atoms with van der Waals surface area (Å²) in [6.07, 6.45) is 0.882. The molecule has 3 nitrogen and oxygen atoms in total. The average Bonchev–Trinajstić information content (AvgIpc) is 2.84. The summed E-state index contributed by atoms with van der Waals surface area (Å²) in [5.74, 6) is -1.07. The maximum absolute atomic E-state index is 14.1. The molecule has 0 unspecified atom stereocenters. The Labute approximate surface area is 126 Å². The van der Waals surface area contributed by atoms with E-state index in [1.165, 1.54) is 17.4 Å². The number of carbonyl (C=O) groups is 2. The summed E-state index contributed by atoms with van der Waals surface area (Å²) in [7, 11) is 0. The van der Waals surface area contributed by atoms with Gasteiger partial charge in [0.05, 0.1) is 14.2 Å². The molecule has 102 valence electrons. The maximum Gasteiger partial charge on any atom is 0.224 e. The molecule has 0 bridgehead atoms. The van der Waals surface area contributed by atoms with Crippen molar-refractivity contribution >= 4 is 44.6 Å². The first-order chi connectivity index (χ1) is 9.54. The summed E-state index contributed by atoms with van der Waals surface area (Å²) < 4.78 is 14.9. The van der Waals surface area contributed by atoms with Crippen molar-refractivity contribution in [1.29, 1.82) is 0 Å². The van der Waals surface area contributed by atoms with Crippen molar-refractivity contribution in [2.75, 3.05) is 5.32 Å². The highest BCUT2D eigenvalue weighted by Gasteiger charge is 2.22. The fourth-order valence-corrected chi connectivity index (χ4v) is 3.49. The van der Waals surface area contributed by atoms with Crippen molar-refractivity contribution < 1.29 is 14.0 Å². The van der Waals surface area contributed by atoms with E-state index in [0.29, 0.717) is 23.4 Å². The lowest BCUT2D eigenvalue weighted by Gasteiger charge is -2.17. The number of rotatable bonds is 2. The van der Waals surface area contributed by atoms with E-state index in [1.54, 1.807) is 18.2 Å². The number of nitrogens with one attached hydrogen (secondary N) is 1. The predicted octanol–water partition coefficient (Wildman–Crippen LogP) is 3.77. The van der Waals surface area contributed by atoms with Gasteiger partial charge in [0.15, 0.2) is 0 Å². The van der Waals surface area contributed by atoms with Crippen LogP contribution in [0.4, 0.5) is 10.1 Å². The van der Waals surface area contributed by atoms with Gasteiger partial charge >= 0.3 is 0 Å². The second-order valence-corrected chi connectivity index (χ2v) is 6.93. The molecule has 1 N–H and O–H groups in total. The monoisotopic (exact) mass is 353 g/mol. The zero-order chi connectivity index (χ0) is 14.3. The number of fused-ring (bicyclic) bond motifs is 1. The quantitative estimate of drug-likeness (QED) is 0.835. The van der Waals surface area contributed by atoms with Crippen LogP contribution in [0.1, 0.15) is 27.2 Å². The van der Waals surface area contributed by atoms with E-state index >= 15 is 0 Å². The van der Waals surface area contributed by atoms with Gasteiger partial charge in [0.2, 0.25) is 11.7 Å². The van der Waals surface area contributed by atoms with Crippen molar-refractivity contribution in [2.45, 2.75) is 12.8 Å². The summed E-state index contributed by atoms with van der Waals surface area (Å²) >= 11 is 4.55.